The lowest BCUT2D eigenvalue weighted by atomic mass is 9.96. The van der Waals surface area contributed by atoms with Crippen LogP contribution in [0, 0.1) is 11.8 Å². The van der Waals surface area contributed by atoms with Gasteiger partial charge in [0.05, 0.1) is 17.8 Å². The Kier molecular flexibility index (Phi) is 7.18. The molecule has 0 atom stereocenters. The first-order chi connectivity index (χ1) is 11.5. The van der Waals surface area contributed by atoms with E-state index in [0.29, 0.717) is 36.2 Å². The van der Waals surface area contributed by atoms with Crippen molar-refractivity contribution in [2.24, 2.45) is 4.99 Å². The zero-order valence-electron chi connectivity index (χ0n) is 14.7. The smallest absolute Gasteiger partial charge is 0.154 e. The largest absolute Gasteiger partial charge is 0.505 e. The van der Waals surface area contributed by atoms with Gasteiger partial charge in [-0.15, -0.1) is 5.92 Å². The molecule has 0 amide bonds. The van der Waals surface area contributed by atoms with E-state index in [9.17, 15) is 9.90 Å². The van der Waals surface area contributed by atoms with Gasteiger partial charge < -0.3 is 10.1 Å². The zero-order valence-corrected chi connectivity index (χ0v) is 14.7. The first kappa shape index (κ1) is 19.4. The first-order valence-electron chi connectivity index (χ1n) is 7.42. The normalized spacial score (nSPS) is 10.0. The summed E-state index contributed by atoms with van der Waals surface area (Å²) in [6, 6.07) is 0. The third-order valence-electron chi connectivity index (χ3n) is 3.71. The van der Waals surface area contributed by atoms with Gasteiger partial charge in [-0.25, -0.2) is 5.43 Å². The molecule has 2 N–H and O–H groups in total. The van der Waals surface area contributed by atoms with Gasteiger partial charge in [-0.1, -0.05) is 18.6 Å². The van der Waals surface area contributed by atoms with Crippen LogP contribution in [-0.2, 0) is 6.54 Å². The quantitative estimate of drug-likeness (QED) is 0.331. The fourth-order valence-corrected chi connectivity index (χ4v) is 2.48. The van der Waals surface area contributed by atoms with Gasteiger partial charge in [0.25, 0.3) is 0 Å². The van der Waals surface area contributed by atoms with E-state index in [-0.39, 0.29) is 17.0 Å². The van der Waals surface area contributed by atoms with E-state index in [2.05, 4.69) is 35.6 Å². The van der Waals surface area contributed by atoms with Gasteiger partial charge in [0, 0.05) is 31.8 Å². The van der Waals surface area contributed by atoms with Gasteiger partial charge in [0.15, 0.2) is 12.0 Å². The minimum Gasteiger partial charge on any atom is -0.505 e. The molecule has 0 aliphatic heterocycles. The minimum absolute atomic E-state index is 0.187. The second-order valence-electron chi connectivity index (χ2n) is 5.21. The summed E-state index contributed by atoms with van der Waals surface area (Å²) in [5.41, 5.74) is 5.43. The van der Waals surface area contributed by atoms with Crippen molar-refractivity contribution < 1.29 is 9.90 Å². The minimum atomic E-state index is -0.187. The van der Waals surface area contributed by atoms with Crippen LogP contribution >= 0.6 is 0 Å². The molecular formula is C18H24N4O2. The lowest BCUT2D eigenvalue weighted by molar-refractivity contribution is 0.111. The number of aldehydes is 1. The summed E-state index contributed by atoms with van der Waals surface area (Å²) in [4.78, 5) is 17.5. The van der Waals surface area contributed by atoms with Gasteiger partial charge in [-0.2, -0.15) is 0 Å². The number of benzene rings is 1. The molecule has 1 aromatic carbocycles. The highest BCUT2D eigenvalue weighted by atomic mass is 16.3. The number of nitrogens with one attached hydrogen (secondary N) is 1. The average molecular weight is 328 g/mol. The zero-order chi connectivity index (χ0) is 18.3. The molecule has 0 saturated heterocycles. The molecule has 0 heterocycles. The van der Waals surface area contributed by atoms with Crippen LogP contribution in [-0.4, -0.2) is 50.7 Å². The molecule has 0 aliphatic rings. The van der Waals surface area contributed by atoms with E-state index in [0.717, 1.165) is 0 Å². The van der Waals surface area contributed by atoms with Gasteiger partial charge >= 0.3 is 0 Å². The molecule has 128 valence electrons. The summed E-state index contributed by atoms with van der Waals surface area (Å²) < 4.78 is 0. The van der Waals surface area contributed by atoms with Gasteiger partial charge in [-0.3, -0.25) is 14.7 Å². The Balaban J connectivity index is 3.70. The van der Waals surface area contributed by atoms with Crippen LogP contribution in [0.4, 0.5) is 11.4 Å². The summed E-state index contributed by atoms with van der Waals surface area (Å²) in [6.07, 6.45) is 2.23. The van der Waals surface area contributed by atoms with E-state index in [1.165, 1.54) is 0 Å². The molecule has 0 spiro atoms. The summed E-state index contributed by atoms with van der Waals surface area (Å²) in [5, 5.41) is 12.2. The molecule has 0 radical (unpaired) electrons. The molecule has 6 nitrogen and oxygen atoms in total. The van der Waals surface area contributed by atoms with Crippen LogP contribution in [0.15, 0.2) is 11.6 Å². The Morgan fingerprint density at radius 2 is 2.04 bits per heavy atom. The van der Waals surface area contributed by atoms with Crippen LogP contribution < -0.4 is 10.4 Å². The van der Waals surface area contributed by atoms with E-state index >= 15 is 0 Å². The van der Waals surface area contributed by atoms with Crippen molar-refractivity contribution >= 4 is 30.5 Å². The number of nitrogens with zero attached hydrogens (tertiary/aromatic N) is 3. The number of hydrazine groups is 1. The van der Waals surface area contributed by atoms with Crippen molar-refractivity contribution in [3.8, 4) is 17.6 Å². The van der Waals surface area contributed by atoms with Gasteiger partial charge in [-0.05, 0) is 20.7 Å². The number of hydrogen-bond acceptors (Lipinski definition) is 6. The number of hydrogen-bond donors (Lipinski definition) is 2. The predicted molar refractivity (Wildman–Crippen MR) is 100 cm³/mol. The maximum atomic E-state index is 11.6. The van der Waals surface area contributed by atoms with Crippen molar-refractivity contribution in [3.05, 3.63) is 23.3 Å². The molecule has 0 aromatic heterocycles. The molecule has 6 heteroatoms. The lowest BCUT2D eigenvalue weighted by Gasteiger charge is -2.28. The third-order valence-corrected chi connectivity index (χ3v) is 3.71. The van der Waals surface area contributed by atoms with Crippen molar-refractivity contribution in [1.82, 2.24) is 10.3 Å². The summed E-state index contributed by atoms with van der Waals surface area (Å²) in [5.74, 6) is 5.64. The van der Waals surface area contributed by atoms with Crippen LogP contribution in [0.3, 0.4) is 0 Å². The Labute approximate surface area is 143 Å². The fraction of sp³-hybridized carbons (Fsp3) is 0.333. The Hall–Kier alpha value is -2.62. The number of carbonyl (C=O) groups is 1. The molecule has 0 aliphatic carbocycles. The predicted octanol–water partition coefficient (Wildman–Crippen LogP) is 2.21. The second kappa shape index (κ2) is 8.87. The Morgan fingerprint density at radius 3 is 2.50 bits per heavy atom. The van der Waals surface area contributed by atoms with Crippen molar-refractivity contribution in [3.63, 3.8) is 0 Å². The van der Waals surface area contributed by atoms with E-state index in [1.54, 1.807) is 25.1 Å². The number of aromatic hydroxyl groups is 1. The number of rotatable bonds is 8. The van der Waals surface area contributed by atoms with E-state index in [4.69, 9.17) is 0 Å². The molecule has 0 unspecified atom stereocenters. The number of anilines is 1. The fourth-order valence-electron chi connectivity index (χ4n) is 2.48. The average Bonchev–Trinajstić information content (AvgIpc) is 2.58. The van der Waals surface area contributed by atoms with Crippen LogP contribution in [0.2, 0.25) is 0 Å². The Morgan fingerprint density at radius 1 is 1.38 bits per heavy atom. The molecule has 0 saturated carbocycles. The SMILES string of the molecule is C=Cc1c(N=C)c(O)c(C=O)c(CN(C)CC#CC)c1N(C)NC. The number of phenols is 1. The second-order valence-corrected chi connectivity index (χ2v) is 5.21. The highest BCUT2D eigenvalue weighted by molar-refractivity contribution is 5.94. The van der Waals surface area contributed by atoms with Crippen molar-refractivity contribution in [2.75, 3.05) is 32.7 Å². The van der Waals surface area contributed by atoms with Crippen LogP contribution in [0.1, 0.15) is 28.4 Å². The Bertz CT molecular complexity index is 701. The lowest BCUT2D eigenvalue weighted by Crippen LogP contribution is -2.33. The molecule has 0 fully saturated rings. The standard InChI is InChI=1S/C18H24N4O2/c1-7-9-10-21(5)11-14-15(12-23)18(24)16(19-3)13(8-2)17(14)22(6)20-4/h8,12,20,24H,2-3,10-11H2,1,4-6H3. The summed E-state index contributed by atoms with van der Waals surface area (Å²) in [7, 11) is 5.47. The first-order valence-corrected chi connectivity index (χ1v) is 7.42. The number of carbonyl (C=O) groups excluding carboxylic acids is 1. The molecular weight excluding hydrogens is 304 g/mol. The van der Waals surface area contributed by atoms with Crippen molar-refractivity contribution in [1.29, 1.82) is 0 Å². The highest BCUT2D eigenvalue weighted by Gasteiger charge is 2.24. The molecule has 1 rings (SSSR count). The highest BCUT2D eigenvalue weighted by Crippen LogP contribution is 2.43. The van der Waals surface area contributed by atoms with Crippen LogP contribution in [0.5, 0.6) is 5.75 Å². The molecule has 0 bridgehead atoms. The maximum Gasteiger partial charge on any atom is 0.154 e. The monoisotopic (exact) mass is 328 g/mol. The van der Waals surface area contributed by atoms with Crippen molar-refractivity contribution in [2.45, 2.75) is 13.5 Å². The van der Waals surface area contributed by atoms with Gasteiger partial charge in [0.2, 0.25) is 0 Å². The van der Waals surface area contributed by atoms with E-state index in [1.807, 2.05) is 19.0 Å². The maximum absolute atomic E-state index is 11.6. The van der Waals surface area contributed by atoms with E-state index < -0.39 is 0 Å². The molecule has 1 aromatic rings. The third kappa shape index (κ3) is 3.82. The topological polar surface area (TPSA) is 68.2 Å². The summed E-state index contributed by atoms with van der Waals surface area (Å²) >= 11 is 0. The van der Waals surface area contributed by atoms with Gasteiger partial charge in [0.1, 0.15) is 5.69 Å². The summed E-state index contributed by atoms with van der Waals surface area (Å²) in [6.45, 7) is 10.0. The molecule has 24 heavy (non-hydrogen) atoms. The van der Waals surface area contributed by atoms with Crippen LogP contribution in [0.25, 0.3) is 6.08 Å². The number of aliphatic imine (C=N–C) groups is 1. The number of phenolic OH excluding ortho intramolecular Hbond substituents is 1.